The third-order valence-electron chi connectivity index (χ3n) is 2.55. The van der Waals surface area contributed by atoms with E-state index in [4.69, 9.17) is 9.47 Å². The Morgan fingerprint density at radius 1 is 1.33 bits per heavy atom. The number of nitrogens with zero attached hydrogens (tertiary/aromatic N) is 1. The van der Waals surface area contributed by atoms with Crippen molar-refractivity contribution < 1.29 is 14.3 Å². The summed E-state index contributed by atoms with van der Waals surface area (Å²) in [6.45, 7) is 1.30. The van der Waals surface area contributed by atoms with Crippen molar-refractivity contribution in [2.45, 2.75) is 6.61 Å². The molecule has 0 unspecified atom stereocenters. The van der Waals surface area contributed by atoms with Crippen LogP contribution in [0.4, 0.5) is 10.5 Å². The van der Waals surface area contributed by atoms with Gasteiger partial charge < -0.3 is 19.7 Å². The number of carbonyl (C=O) groups is 1. The highest BCUT2D eigenvalue weighted by atomic mass is 16.6. The zero-order valence-electron chi connectivity index (χ0n) is 11.1. The quantitative estimate of drug-likeness (QED) is 0.840. The van der Waals surface area contributed by atoms with Crippen LogP contribution < -0.4 is 5.32 Å². The van der Waals surface area contributed by atoms with Crippen LogP contribution in [-0.2, 0) is 16.1 Å². The van der Waals surface area contributed by atoms with Crippen LogP contribution in [0.3, 0.4) is 0 Å². The van der Waals surface area contributed by atoms with Crippen molar-refractivity contribution in [3.63, 3.8) is 0 Å². The largest absolute Gasteiger partial charge is 0.445 e. The predicted octanol–water partition coefficient (Wildman–Crippen LogP) is 1.94. The lowest BCUT2D eigenvalue weighted by Crippen LogP contribution is -2.30. The minimum absolute atomic E-state index is 0.278. The summed E-state index contributed by atoms with van der Waals surface area (Å²) in [5.41, 5.74) is 1.99. The second-order valence-corrected chi connectivity index (χ2v) is 3.92. The Kier molecular flexibility index (Phi) is 6.00. The first-order chi connectivity index (χ1) is 8.67. The minimum Gasteiger partial charge on any atom is -0.445 e. The molecule has 0 aliphatic heterocycles. The standard InChI is InChI=1S/C13H20N2O3/c1-14-12-6-4-11(5-7-12)10-18-13(16)15(2)8-9-17-3/h4-7,14H,8-10H2,1-3H3. The number of hydrogen-bond donors (Lipinski definition) is 1. The SMILES string of the molecule is CNc1ccc(COC(=O)N(C)CCOC)cc1. The van der Waals surface area contributed by atoms with Crippen LogP contribution in [0.25, 0.3) is 0 Å². The van der Waals surface area contributed by atoms with E-state index < -0.39 is 0 Å². The molecule has 1 amide bonds. The fourth-order valence-electron chi connectivity index (χ4n) is 1.34. The summed E-state index contributed by atoms with van der Waals surface area (Å²) in [6.07, 6.45) is -0.343. The molecule has 0 aliphatic rings. The third kappa shape index (κ3) is 4.63. The van der Waals surface area contributed by atoms with Crippen LogP contribution in [0.15, 0.2) is 24.3 Å². The van der Waals surface area contributed by atoms with E-state index in [1.807, 2.05) is 31.3 Å². The molecule has 0 radical (unpaired) electrons. The second-order valence-electron chi connectivity index (χ2n) is 3.92. The van der Waals surface area contributed by atoms with Gasteiger partial charge in [0.05, 0.1) is 6.61 Å². The maximum absolute atomic E-state index is 11.6. The summed E-state index contributed by atoms with van der Waals surface area (Å²) < 4.78 is 10.1. The van der Waals surface area contributed by atoms with Crippen molar-refractivity contribution in [3.8, 4) is 0 Å². The Balaban J connectivity index is 2.37. The predicted molar refractivity (Wildman–Crippen MR) is 70.7 cm³/mol. The molecule has 100 valence electrons. The highest BCUT2D eigenvalue weighted by Gasteiger charge is 2.09. The Bertz CT molecular complexity index is 365. The van der Waals surface area contributed by atoms with Gasteiger partial charge in [-0.15, -0.1) is 0 Å². The van der Waals surface area contributed by atoms with E-state index in [1.165, 1.54) is 4.90 Å². The first kappa shape index (κ1) is 14.3. The number of amides is 1. The van der Waals surface area contributed by atoms with Crippen LogP contribution in [0.1, 0.15) is 5.56 Å². The van der Waals surface area contributed by atoms with Gasteiger partial charge in [0.15, 0.2) is 0 Å². The lowest BCUT2D eigenvalue weighted by molar-refractivity contribution is 0.0919. The van der Waals surface area contributed by atoms with Crippen molar-refractivity contribution >= 4 is 11.8 Å². The molecule has 0 aliphatic carbocycles. The van der Waals surface area contributed by atoms with Gasteiger partial charge in [-0.3, -0.25) is 0 Å². The topological polar surface area (TPSA) is 50.8 Å². The third-order valence-corrected chi connectivity index (χ3v) is 2.55. The van der Waals surface area contributed by atoms with E-state index >= 15 is 0 Å². The average Bonchev–Trinajstić information content (AvgIpc) is 2.42. The van der Waals surface area contributed by atoms with Crippen molar-refractivity contribution in [2.24, 2.45) is 0 Å². The van der Waals surface area contributed by atoms with Crippen LogP contribution in [0.2, 0.25) is 0 Å². The summed E-state index contributed by atoms with van der Waals surface area (Å²) in [7, 11) is 5.15. The zero-order valence-corrected chi connectivity index (χ0v) is 11.1. The molecule has 0 heterocycles. The van der Waals surface area contributed by atoms with Gasteiger partial charge in [-0.25, -0.2) is 4.79 Å². The van der Waals surface area contributed by atoms with E-state index in [1.54, 1.807) is 14.2 Å². The number of benzene rings is 1. The second kappa shape index (κ2) is 7.55. The molecule has 18 heavy (non-hydrogen) atoms. The Morgan fingerprint density at radius 2 is 2.00 bits per heavy atom. The first-order valence-electron chi connectivity index (χ1n) is 5.81. The summed E-state index contributed by atoms with van der Waals surface area (Å²) >= 11 is 0. The van der Waals surface area contributed by atoms with E-state index in [-0.39, 0.29) is 12.7 Å². The highest BCUT2D eigenvalue weighted by Crippen LogP contribution is 2.09. The van der Waals surface area contributed by atoms with Crippen LogP contribution in [0.5, 0.6) is 0 Å². The van der Waals surface area contributed by atoms with E-state index in [9.17, 15) is 4.79 Å². The van der Waals surface area contributed by atoms with Crippen LogP contribution >= 0.6 is 0 Å². The van der Waals surface area contributed by atoms with Gasteiger partial charge in [-0.2, -0.15) is 0 Å². The summed E-state index contributed by atoms with van der Waals surface area (Å²) in [5.74, 6) is 0. The number of ether oxygens (including phenoxy) is 2. The van der Waals surface area contributed by atoms with Crippen molar-refractivity contribution in [2.75, 3.05) is 39.7 Å². The molecule has 0 atom stereocenters. The molecular formula is C13H20N2O3. The van der Waals surface area contributed by atoms with Crippen molar-refractivity contribution in [1.29, 1.82) is 0 Å². The molecule has 1 rings (SSSR count). The monoisotopic (exact) mass is 252 g/mol. The lowest BCUT2D eigenvalue weighted by Gasteiger charge is -2.16. The Morgan fingerprint density at radius 3 is 2.56 bits per heavy atom. The van der Waals surface area contributed by atoms with Gasteiger partial charge in [0.25, 0.3) is 0 Å². The van der Waals surface area contributed by atoms with E-state index in [0.29, 0.717) is 13.2 Å². The average molecular weight is 252 g/mol. The normalized spacial score (nSPS) is 9.94. The molecule has 0 saturated carbocycles. The Hall–Kier alpha value is -1.75. The number of carbonyl (C=O) groups excluding carboxylic acids is 1. The molecule has 1 aromatic carbocycles. The van der Waals surface area contributed by atoms with E-state index in [2.05, 4.69) is 5.32 Å². The smallest absolute Gasteiger partial charge is 0.409 e. The van der Waals surface area contributed by atoms with Gasteiger partial charge in [0.2, 0.25) is 0 Å². The molecule has 0 aromatic heterocycles. The molecule has 1 N–H and O–H groups in total. The fraction of sp³-hybridized carbons (Fsp3) is 0.462. The van der Waals surface area contributed by atoms with Crippen molar-refractivity contribution in [3.05, 3.63) is 29.8 Å². The number of anilines is 1. The number of rotatable bonds is 6. The molecule has 5 heteroatoms. The zero-order chi connectivity index (χ0) is 13.4. The maximum Gasteiger partial charge on any atom is 0.409 e. The molecule has 0 bridgehead atoms. The molecule has 0 saturated heterocycles. The number of likely N-dealkylation sites (N-methyl/N-ethyl adjacent to an activating group) is 1. The van der Waals surface area contributed by atoms with E-state index in [0.717, 1.165) is 11.3 Å². The summed E-state index contributed by atoms with van der Waals surface area (Å²) in [4.78, 5) is 13.1. The first-order valence-corrected chi connectivity index (χ1v) is 5.81. The molecular weight excluding hydrogens is 232 g/mol. The molecule has 1 aromatic rings. The molecule has 0 fully saturated rings. The fourth-order valence-corrected chi connectivity index (χ4v) is 1.34. The van der Waals surface area contributed by atoms with Gasteiger partial charge in [-0.1, -0.05) is 12.1 Å². The van der Waals surface area contributed by atoms with Crippen LogP contribution in [-0.4, -0.2) is 45.3 Å². The molecule has 5 nitrogen and oxygen atoms in total. The van der Waals surface area contributed by atoms with Gasteiger partial charge in [-0.05, 0) is 17.7 Å². The summed E-state index contributed by atoms with van der Waals surface area (Å²) in [5, 5.41) is 3.03. The van der Waals surface area contributed by atoms with Gasteiger partial charge >= 0.3 is 6.09 Å². The lowest BCUT2D eigenvalue weighted by atomic mass is 10.2. The molecule has 0 spiro atoms. The number of methoxy groups -OCH3 is 1. The van der Waals surface area contributed by atoms with Gasteiger partial charge in [0.1, 0.15) is 6.61 Å². The van der Waals surface area contributed by atoms with Crippen molar-refractivity contribution in [1.82, 2.24) is 4.90 Å². The van der Waals surface area contributed by atoms with Crippen LogP contribution in [0, 0.1) is 0 Å². The van der Waals surface area contributed by atoms with Gasteiger partial charge in [0, 0.05) is 33.4 Å². The highest BCUT2D eigenvalue weighted by molar-refractivity contribution is 5.67. The summed E-state index contributed by atoms with van der Waals surface area (Å²) in [6, 6.07) is 7.73. The number of nitrogens with one attached hydrogen (secondary N) is 1. The Labute approximate surface area is 108 Å². The maximum atomic E-state index is 11.6. The minimum atomic E-state index is -0.343. The number of hydrogen-bond acceptors (Lipinski definition) is 4.